The average molecular weight is 454 g/mol. The summed E-state index contributed by atoms with van der Waals surface area (Å²) in [5.74, 6) is -0.100. The third kappa shape index (κ3) is 4.53. The maximum atomic E-state index is 14.1. The second-order valence-electron chi connectivity index (χ2n) is 7.19. The molecular weight excluding hydrogens is 433 g/mol. The van der Waals surface area contributed by atoms with Crippen molar-refractivity contribution in [2.24, 2.45) is 0 Å². The Bertz CT molecular complexity index is 1250. The number of anilines is 1. The molecule has 8 heteroatoms. The molecule has 4 rings (SSSR count). The van der Waals surface area contributed by atoms with Crippen LogP contribution in [0, 0.1) is 5.82 Å². The standard InChI is InChI=1S/C24H21ClFN3O3/c1-31-17-9-15(10-18(11-17)32-2)19(12-24(30)28-21-6-4-3-5-20(21)26)22-13-27-23-8-7-16(25)14-29(22)23/h3-11,13-14,19H,12H2,1-2H3,(H,28,30). The van der Waals surface area contributed by atoms with Gasteiger partial charge >= 0.3 is 0 Å². The number of nitrogens with zero attached hydrogens (tertiary/aromatic N) is 2. The number of para-hydroxylation sites is 1. The first-order valence-corrected chi connectivity index (χ1v) is 10.3. The Hall–Kier alpha value is -3.58. The average Bonchev–Trinajstić information content (AvgIpc) is 3.21. The fourth-order valence-corrected chi connectivity index (χ4v) is 3.76. The Morgan fingerprint density at radius 2 is 1.84 bits per heavy atom. The number of hydrogen-bond donors (Lipinski definition) is 1. The van der Waals surface area contributed by atoms with Crippen molar-refractivity contribution in [1.82, 2.24) is 9.38 Å². The second-order valence-corrected chi connectivity index (χ2v) is 7.63. The number of hydrogen-bond acceptors (Lipinski definition) is 4. The number of aromatic nitrogens is 2. The zero-order valence-electron chi connectivity index (χ0n) is 17.5. The quantitative estimate of drug-likeness (QED) is 0.412. The maximum absolute atomic E-state index is 14.1. The molecule has 32 heavy (non-hydrogen) atoms. The van der Waals surface area contributed by atoms with E-state index in [-0.39, 0.29) is 18.0 Å². The van der Waals surface area contributed by atoms with Crippen LogP contribution in [0.15, 0.2) is 67.0 Å². The maximum Gasteiger partial charge on any atom is 0.225 e. The van der Waals surface area contributed by atoms with Crippen molar-refractivity contribution in [2.75, 3.05) is 19.5 Å². The summed E-state index contributed by atoms with van der Waals surface area (Å²) in [6, 6.07) is 15.0. The van der Waals surface area contributed by atoms with Gasteiger partial charge in [0.15, 0.2) is 0 Å². The van der Waals surface area contributed by atoms with Crippen molar-refractivity contribution >= 4 is 28.8 Å². The summed E-state index contributed by atoms with van der Waals surface area (Å²) in [6.45, 7) is 0. The van der Waals surface area contributed by atoms with Gasteiger partial charge in [-0.2, -0.15) is 0 Å². The number of pyridine rings is 1. The van der Waals surface area contributed by atoms with E-state index in [9.17, 15) is 9.18 Å². The van der Waals surface area contributed by atoms with Gasteiger partial charge in [-0.3, -0.25) is 4.79 Å². The number of carbonyl (C=O) groups excluding carboxylic acids is 1. The number of methoxy groups -OCH3 is 2. The minimum absolute atomic E-state index is 0.0327. The van der Waals surface area contributed by atoms with Crippen molar-refractivity contribution in [3.63, 3.8) is 0 Å². The second kappa shape index (κ2) is 9.28. The third-order valence-corrected chi connectivity index (χ3v) is 5.39. The Balaban J connectivity index is 1.77. The lowest BCUT2D eigenvalue weighted by Crippen LogP contribution is -2.18. The van der Waals surface area contributed by atoms with Crippen LogP contribution in [0.4, 0.5) is 10.1 Å². The van der Waals surface area contributed by atoms with E-state index in [1.807, 2.05) is 16.5 Å². The van der Waals surface area contributed by atoms with Crippen LogP contribution in [0.1, 0.15) is 23.6 Å². The molecule has 0 saturated carbocycles. The fraction of sp³-hybridized carbons (Fsp3) is 0.167. The van der Waals surface area contributed by atoms with Crippen molar-refractivity contribution in [3.8, 4) is 11.5 Å². The van der Waals surface area contributed by atoms with Gasteiger partial charge in [0.25, 0.3) is 0 Å². The number of carbonyl (C=O) groups is 1. The van der Waals surface area contributed by atoms with Gasteiger partial charge in [-0.15, -0.1) is 0 Å². The highest BCUT2D eigenvalue weighted by Gasteiger charge is 2.24. The van der Waals surface area contributed by atoms with Crippen molar-refractivity contribution in [3.05, 3.63) is 89.1 Å². The van der Waals surface area contributed by atoms with E-state index in [4.69, 9.17) is 21.1 Å². The highest BCUT2D eigenvalue weighted by Crippen LogP contribution is 2.34. The molecule has 0 aliphatic rings. The molecule has 0 radical (unpaired) electrons. The number of ether oxygens (including phenoxy) is 2. The molecule has 1 N–H and O–H groups in total. The lowest BCUT2D eigenvalue weighted by atomic mass is 9.91. The van der Waals surface area contributed by atoms with E-state index in [1.54, 1.807) is 56.9 Å². The van der Waals surface area contributed by atoms with Gasteiger partial charge in [-0.25, -0.2) is 9.37 Å². The summed E-state index contributed by atoms with van der Waals surface area (Å²) >= 11 is 6.21. The number of fused-ring (bicyclic) bond motifs is 1. The number of halogens is 2. The van der Waals surface area contributed by atoms with Gasteiger partial charge in [0.2, 0.25) is 5.91 Å². The monoisotopic (exact) mass is 453 g/mol. The van der Waals surface area contributed by atoms with Crippen molar-refractivity contribution in [1.29, 1.82) is 0 Å². The van der Waals surface area contributed by atoms with Gasteiger partial charge in [0.05, 0.1) is 30.6 Å². The summed E-state index contributed by atoms with van der Waals surface area (Å²) in [5.41, 5.74) is 2.35. The third-order valence-electron chi connectivity index (χ3n) is 5.17. The summed E-state index contributed by atoms with van der Waals surface area (Å²) in [5, 5.41) is 3.19. The lowest BCUT2D eigenvalue weighted by molar-refractivity contribution is -0.116. The predicted molar refractivity (Wildman–Crippen MR) is 121 cm³/mol. The largest absolute Gasteiger partial charge is 0.497 e. The summed E-state index contributed by atoms with van der Waals surface area (Å²) < 4.78 is 26.7. The number of amides is 1. The molecule has 0 spiro atoms. The smallest absolute Gasteiger partial charge is 0.225 e. The molecule has 0 bridgehead atoms. The summed E-state index contributed by atoms with van der Waals surface area (Å²) in [7, 11) is 3.12. The topological polar surface area (TPSA) is 64.9 Å². The van der Waals surface area contributed by atoms with Crippen LogP contribution in [0.2, 0.25) is 5.02 Å². The Morgan fingerprint density at radius 1 is 1.12 bits per heavy atom. The van der Waals surface area contributed by atoms with Crippen molar-refractivity contribution in [2.45, 2.75) is 12.3 Å². The molecule has 1 atom stereocenters. The molecule has 1 amide bonds. The Morgan fingerprint density at radius 3 is 2.53 bits per heavy atom. The first-order valence-electron chi connectivity index (χ1n) is 9.88. The van der Waals surface area contributed by atoms with Crippen LogP contribution in [-0.2, 0) is 4.79 Å². The predicted octanol–water partition coefficient (Wildman–Crippen LogP) is 5.30. The number of benzene rings is 2. The SMILES string of the molecule is COc1cc(OC)cc(C(CC(=O)Nc2ccccc2F)c2cnc3ccc(Cl)cn23)c1. The minimum atomic E-state index is -0.498. The molecule has 0 saturated heterocycles. The van der Waals surface area contributed by atoms with Gasteiger partial charge in [0, 0.05) is 30.8 Å². The zero-order chi connectivity index (χ0) is 22.7. The first-order chi connectivity index (χ1) is 15.5. The number of rotatable bonds is 7. The number of imidazole rings is 1. The first kappa shape index (κ1) is 21.6. The van der Waals surface area contributed by atoms with Crippen molar-refractivity contribution < 1.29 is 18.7 Å². The van der Waals surface area contributed by atoms with E-state index < -0.39 is 11.7 Å². The fourth-order valence-electron chi connectivity index (χ4n) is 3.60. The molecule has 2 aromatic heterocycles. The van der Waals surface area contributed by atoms with Crippen LogP contribution in [0.25, 0.3) is 5.65 Å². The van der Waals surface area contributed by atoms with E-state index in [1.165, 1.54) is 12.1 Å². The molecule has 164 valence electrons. The van der Waals surface area contributed by atoms with Crippen LogP contribution in [-0.4, -0.2) is 29.5 Å². The molecule has 0 fully saturated rings. The van der Waals surface area contributed by atoms with E-state index in [0.29, 0.717) is 22.2 Å². The molecule has 2 aromatic carbocycles. The summed E-state index contributed by atoms with van der Waals surface area (Å²) in [4.78, 5) is 17.4. The minimum Gasteiger partial charge on any atom is -0.497 e. The van der Waals surface area contributed by atoms with E-state index in [0.717, 1.165) is 11.3 Å². The zero-order valence-corrected chi connectivity index (χ0v) is 18.3. The van der Waals surface area contributed by atoms with Crippen LogP contribution in [0.5, 0.6) is 11.5 Å². The van der Waals surface area contributed by atoms with Crippen LogP contribution >= 0.6 is 11.6 Å². The Kier molecular flexibility index (Phi) is 6.28. The molecule has 0 aliphatic carbocycles. The van der Waals surface area contributed by atoms with Crippen LogP contribution in [0.3, 0.4) is 0 Å². The van der Waals surface area contributed by atoms with Gasteiger partial charge < -0.3 is 19.2 Å². The van der Waals surface area contributed by atoms with E-state index >= 15 is 0 Å². The van der Waals surface area contributed by atoms with E-state index in [2.05, 4.69) is 10.3 Å². The molecule has 0 aliphatic heterocycles. The lowest BCUT2D eigenvalue weighted by Gasteiger charge is -2.19. The van der Waals surface area contributed by atoms with Gasteiger partial charge in [-0.05, 0) is 42.0 Å². The molecule has 2 heterocycles. The molecule has 4 aromatic rings. The Labute approximate surface area is 189 Å². The summed E-state index contributed by atoms with van der Waals surface area (Å²) in [6.07, 6.45) is 3.49. The highest BCUT2D eigenvalue weighted by molar-refractivity contribution is 6.30. The molecule has 6 nitrogen and oxygen atoms in total. The highest BCUT2D eigenvalue weighted by atomic mass is 35.5. The van der Waals surface area contributed by atoms with Gasteiger partial charge in [0.1, 0.15) is 23.0 Å². The number of nitrogens with one attached hydrogen (secondary N) is 1. The normalized spacial score (nSPS) is 11.9. The van der Waals surface area contributed by atoms with Gasteiger partial charge in [-0.1, -0.05) is 23.7 Å². The molecular formula is C24H21ClFN3O3. The van der Waals surface area contributed by atoms with Crippen LogP contribution < -0.4 is 14.8 Å². The molecule has 1 unspecified atom stereocenters.